The van der Waals surface area contributed by atoms with Gasteiger partial charge in [0.15, 0.2) is 0 Å². The third kappa shape index (κ3) is 3.21. The molecule has 4 nitrogen and oxygen atoms in total. The van der Waals surface area contributed by atoms with Crippen molar-refractivity contribution < 1.29 is 5.11 Å². The van der Waals surface area contributed by atoms with Crippen LogP contribution in [0.5, 0.6) is 0 Å². The van der Waals surface area contributed by atoms with E-state index >= 15 is 0 Å². The van der Waals surface area contributed by atoms with Gasteiger partial charge in [0.2, 0.25) is 0 Å². The van der Waals surface area contributed by atoms with Crippen LogP contribution in [0.25, 0.3) is 0 Å². The summed E-state index contributed by atoms with van der Waals surface area (Å²) in [7, 11) is 0. The lowest BCUT2D eigenvalue weighted by molar-refractivity contribution is -0.123. The Balaban J connectivity index is 1.34. The molecule has 0 saturated heterocycles. The number of fused-ring (bicyclic) bond motifs is 5. The maximum Gasteiger partial charge on any atom is 0.146 e. The Morgan fingerprint density at radius 3 is 2.63 bits per heavy atom. The van der Waals surface area contributed by atoms with Crippen LogP contribution < -0.4 is 5.43 Å². The Kier molecular flexibility index (Phi) is 5.20. The summed E-state index contributed by atoms with van der Waals surface area (Å²) in [6, 6.07) is 5.90. The Morgan fingerprint density at radius 1 is 1.03 bits per heavy atom. The number of anilines is 1. The van der Waals surface area contributed by atoms with E-state index in [1.54, 1.807) is 0 Å². The molecule has 0 radical (unpaired) electrons. The summed E-state index contributed by atoms with van der Waals surface area (Å²) in [6.07, 6.45) is 13.1. The molecule has 5 rings (SSSR count). The fourth-order valence-electron chi connectivity index (χ4n) is 8.57. The van der Waals surface area contributed by atoms with Crippen LogP contribution in [-0.2, 0) is 0 Å². The van der Waals surface area contributed by atoms with E-state index in [1.807, 2.05) is 24.4 Å². The molecule has 30 heavy (non-hydrogen) atoms. The number of pyridine rings is 1. The van der Waals surface area contributed by atoms with Crippen molar-refractivity contribution in [1.82, 2.24) is 4.98 Å². The molecule has 8 atom stereocenters. The summed E-state index contributed by atoms with van der Waals surface area (Å²) < 4.78 is 0. The average Bonchev–Trinajstić information content (AvgIpc) is 3.10. The number of aliphatic hydroxyl groups is 1. The smallest absolute Gasteiger partial charge is 0.146 e. The molecule has 0 bridgehead atoms. The highest BCUT2D eigenvalue weighted by atomic mass is 16.3. The Morgan fingerprint density at radius 2 is 1.83 bits per heavy atom. The summed E-state index contributed by atoms with van der Waals surface area (Å²) >= 11 is 0. The average molecular weight is 410 g/mol. The van der Waals surface area contributed by atoms with Crippen molar-refractivity contribution in [2.75, 3.05) is 5.43 Å². The van der Waals surface area contributed by atoms with E-state index in [-0.39, 0.29) is 6.10 Å². The lowest BCUT2D eigenvalue weighted by atomic mass is 9.44. The van der Waals surface area contributed by atoms with Crippen LogP contribution in [0.2, 0.25) is 0 Å². The topological polar surface area (TPSA) is 57.5 Å². The van der Waals surface area contributed by atoms with Gasteiger partial charge >= 0.3 is 0 Å². The first-order chi connectivity index (χ1) is 14.4. The highest BCUT2D eigenvalue weighted by Crippen LogP contribution is 2.67. The lowest BCUT2D eigenvalue weighted by Gasteiger charge is -2.61. The van der Waals surface area contributed by atoms with Gasteiger partial charge in [0.25, 0.3) is 0 Å². The number of hydrogen-bond donors (Lipinski definition) is 2. The molecule has 4 aliphatic rings. The van der Waals surface area contributed by atoms with Gasteiger partial charge < -0.3 is 5.11 Å². The molecule has 1 aromatic rings. The molecule has 0 aromatic carbocycles. The molecule has 2 N–H and O–H groups in total. The number of aromatic nitrogens is 1. The van der Waals surface area contributed by atoms with Gasteiger partial charge in [-0.3, -0.25) is 5.43 Å². The van der Waals surface area contributed by atoms with E-state index in [9.17, 15) is 5.11 Å². The van der Waals surface area contributed by atoms with Gasteiger partial charge in [-0.25, -0.2) is 4.98 Å². The summed E-state index contributed by atoms with van der Waals surface area (Å²) in [6.45, 7) is 7.38. The second-order valence-corrected chi connectivity index (χ2v) is 11.3. The Hall–Kier alpha value is -1.42. The lowest BCUT2D eigenvalue weighted by Crippen LogP contribution is -2.54. The number of nitrogens with one attached hydrogen (secondary N) is 1. The fraction of sp³-hybridized carbons (Fsp3) is 0.769. The molecule has 0 amide bonds. The van der Waals surface area contributed by atoms with E-state index in [1.165, 1.54) is 50.7 Å². The molecular weight excluding hydrogens is 370 g/mol. The number of hydrogen-bond acceptors (Lipinski definition) is 4. The summed E-state index contributed by atoms with van der Waals surface area (Å²) in [5.41, 5.74) is 5.30. The van der Waals surface area contributed by atoms with Gasteiger partial charge in [-0.1, -0.05) is 19.9 Å². The fourth-order valence-corrected chi connectivity index (χ4v) is 8.57. The summed E-state index contributed by atoms with van der Waals surface area (Å²) in [5.74, 6) is 4.73. The number of hydrazone groups is 1. The van der Waals surface area contributed by atoms with Crippen LogP contribution in [0.15, 0.2) is 29.5 Å². The zero-order valence-electron chi connectivity index (χ0n) is 19.0. The predicted molar refractivity (Wildman–Crippen MR) is 122 cm³/mol. The number of aliphatic hydroxyl groups excluding tert-OH is 1. The second kappa shape index (κ2) is 7.62. The summed E-state index contributed by atoms with van der Waals surface area (Å²) in [4.78, 5) is 4.35. The van der Waals surface area contributed by atoms with Gasteiger partial charge in [-0.2, -0.15) is 5.10 Å². The number of nitrogens with zero attached hydrogens (tertiary/aromatic N) is 2. The second-order valence-electron chi connectivity index (χ2n) is 11.3. The Labute approximate surface area is 182 Å². The monoisotopic (exact) mass is 409 g/mol. The molecule has 0 spiro atoms. The van der Waals surface area contributed by atoms with Crippen LogP contribution in [0, 0.1) is 40.4 Å². The van der Waals surface area contributed by atoms with Crippen molar-refractivity contribution >= 4 is 11.5 Å². The van der Waals surface area contributed by atoms with E-state index in [0.717, 1.165) is 42.3 Å². The molecular formula is C26H39N3O. The van der Waals surface area contributed by atoms with Gasteiger partial charge in [-0.15, -0.1) is 0 Å². The van der Waals surface area contributed by atoms with Crippen molar-refractivity contribution in [3.8, 4) is 0 Å². The molecule has 4 heteroatoms. The first-order valence-corrected chi connectivity index (χ1v) is 12.3. The summed E-state index contributed by atoms with van der Waals surface area (Å²) in [5, 5.41) is 15.0. The van der Waals surface area contributed by atoms with Gasteiger partial charge in [0.1, 0.15) is 5.82 Å². The minimum absolute atomic E-state index is 0.0465. The maximum absolute atomic E-state index is 10.3. The number of rotatable bonds is 3. The molecule has 1 heterocycles. The molecule has 1 aromatic heterocycles. The highest BCUT2D eigenvalue weighted by molar-refractivity contribution is 5.86. The normalized spacial score (nSPS) is 45.9. The SMILES string of the molecule is C/C(=N/Nc1ccccn1)[C@H]1CC[C@H]2[C@@H]3CC[C@H]4C[C@@H](O)CC[C@]4(C)[C@H]3CC[C@]12C. The first-order valence-electron chi connectivity index (χ1n) is 12.3. The van der Waals surface area contributed by atoms with E-state index in [2.05, 4.69) is 31.2 Å². The quantitative estimate of drug-likeness (QED) is 0.483. The predicted octanol–water partition coefficient (Wildman–Crippen LogP) is 5.89. The van der Waals surface area contributed by atoms with E-state index in [0.29, 0.717) is 16.7 Å². The van der Waals surface area contributed by atoms with Crippen molar-refractivity contribution in [2.24, 2.45) is 45.5 Å². The zero-order valence-corrected chi connectivity index (χ0v) is 19.0. The third-order valence-electron chi connectivity index (χ3n) is 10.2. The third-order valence-corrected chi connectivity index (χ3v) is 10.2. The molecule has 4 saturated carbocycles. The van der Waals surface area contributed by atoms with Gasteiger partial charge in [0, 0.05) is 17.8 Å². The van der Waals surface area contributed by atoms with Crippen LogP contribution in [0.3, 0.4) is 0 Å². The van der Waals surface area contributed by atoms with E-state index < -0.39 is 0 Å². The maximum atomic E-state index is 10.3. The molecule has 164 valence electrons. The molecule has 4 fully saturated rings. The van der Waals surface area contributed by atoms with E-state index in [4.69, 9.17) is 5.10 Å². The van der Waals surface area contributed by atoms with Crippen molar-refractivity contribution in [3.05, 3.63) is 24.4 Å². The minimum Gasteiger partial charge on any atom is -0.393 e. The van der Waals surface area contributed by atoms with Gasteiger partial charge in [-0.05, 0) is 111 Å². The largest absolute Gasteiger partial charge is 0.393 e. The van der Waals surface area contributed by atoms with Crippen molar-refractivity contribution in [1.29, 1.82) is 0 Å². The first kappa shape index (κ1) is 20.5. The molecule has 0 aliphatic heterocycles. The van der Waals surface area contributed by atoms with Crippen LogP contribution >= 0.6 is 0 Å². The molecule has 0 unspecified atom stereocenters. The zero-order chi connectivity index (χ0) is 20.9. The Bertz CT molecular complexity index is 795. The minimum atomic E-state index is -0.0465. The van der Waals surface area contributed by atoms with Gasteiger partial charge in [0.05, 0.1) is 6.10 Å². The van der Waals surface area contributed by atoms with Crippen LogP contribution in [0.4, 0.5) is 5.82 Å². The van der Waals surface area contributed by atoms with Crippen molar-refractivity contribution in [3.63, 3.8) is 0 Å². The standard InChI is InChI=1S/C26H39N3O/c1-17(28-29-24-6-4-5-15-27-24)21-9-10-22-20-8-7-18-16-19(30)11-13-25(18,2)23(20)12-14-26(21,22)3/h4-6,15,18-23,30H,7-14,16H2,1-3H3,(H,27,29)/b28-17-/t18-,19-,20-,21+,22-,23-,25-,26+/m0/s1. The van der Waals surface area contributed by atoms with Crippen molar-refractivity contribution in [2.45, 2.75) is 84.7 Å². The highest BCUT2D eigenvalue weighted by Gasteiger charge is 2.60. The van der Waals surface area contributed by atoms with Crippen LogP contribution in [0.1, 0.15) is 78.6 Å². The van der Waals surface area contributed by atoms with Crippen LogP contribution in [-0.4, -0.2) is 21.9 Å². The molecule has 4 aliphatic carbocycles.